The van der Waals surface area contributed by atoms with Gasteiger partial charge in [-0.2, -0.15) is 0 Å². The Balaban J connectivity index is 1.84. The minimum absolute atomic E-state index is 0.104. The minimum Gasteiger partial charge on any atom is -0.358 e. The number of likely N-dealkylation sites (N-methyl/N-ethyl adjacent to an activating group) is 1. The molecule has 1 aromatic heterocycles. The number of carbonyl (C=O) groups excluding carboxylic acids is 1. The van der Waals surface area contributed by atoms with Gasteiger partial charge in [-0.25, -0.2) is 4.98 Å². The molecule has 0 radical (unpaired) electrons. The van der Waals surface area contributed by atoms with Crippen molar-refractivity contribution in [2.45, 2.75) is 13.0 Å². The number of nitrogens with zero attached hydrogens (tertiary/aromatic N) is 5. The Morgan fingerprint density at radius 1 is 1.16 bits per heavy atom. The molecular formula is C18H25N5O2. The first-order valence-electron chi connectivity index (χ1n) is 8.60. The van der Waals surface area contributed by atoms with Gasteiger partial charge < -0.3 is 19.3 Å². The van der Waals surface area contributed by atoms with E-state index in [2.05, 4.69) is 16.9 Å². The second kappa shape index (κ2) is 7.23. The summed E-state index contributed by atoms with van der Waals surface area (Å²) >= 11 is 0. The molecule has 0 bridgehead atoms. The average Bonchev–Trinajstić information content (AvgIpc) is 2.60. The SMILES string of the molecule is CN1CCN(C(=O)CCn2c(=O)c(N(C)C)nc3ccccc32)CC1. The van der Waals surface area contributed by atoms with Gasteiger partial charge in [0.25, 0.3) is 5.56 Å². The largest absolute Gasteiger partial charge is 0.358 e. The van der Waals surface area contributed by atoms with Gasteiger partial charge >= 0.3 is 0 Å². The molecule has 25 heavy (non-hydrogen) atoms. The maximum Gasteiger partial charge on any atom is 0.293 e. The maximum atomic E-state index is 12.8. The topological polar surface area (TPSA) is 61.7 Å². The number of aryl methyl sites for hydroxylation is 1. The van der Waals surface area contributed by atoms with Crippen molar-refractivity contribution in [2.75, 3.05) is 52.2 Å². The molecule has 1 aromatic carbocycles. The lowest BCUT2D eigenvalue weighted by atomic mass is 10.2. The van der Waals surface area contributed by atoms with Gasteiger partial charge in [-0.3, -0.25) is 9.59 Å². The number of carbonyl (C=O) groups is 1. The number of para-hydroxylation sites is 2. The first-order valence-corrected chi connectivity index (χ1v) is 8.60. The minimum atomic E-state index is -0.158. The van der Waals surface area contributed by atoms with E-state index in [1.54, 1.807) is 23.6 Å². The predicted molar refractivity (Wildman–Crippen MR) is 99.0 cm³/mol. The van der Waals surface area contributed by atoms with E-state index in [1.165, 1.54) is 0 Å². The van der Waals surface area contributed by atoms with Crippen LogP contribution in [-0.2, 0) is 11.3 Å². The highest BCUT2D eigenvalue weighted by molar-refractivity contribution is 5.78. The maximum absolute atomic E-state index is 12.8. The van der Waals surface area contributed by atoms with Crippen molar-refractivity contribution < 1.29 is 4.79 Å². The van der Waals surface area contributed by atoms with Crippen molar-refractivity contribution in [3.63, 3.8) is 0 Å². The summed E-state index contributed by atoms with van der Waals surface area (Å²) in [6.07, 6.45) is 0.324. The zero-order valence-electron chi connectivity index (χ0n) is 15.1. The van der Waals surface area contributed by atoms with Gasteiger partial charge in [0, 0.05) is 53.2 Å². The van der Waals surface area contributed by atoms with Crippen LogP contribution in [-0.4, -0.2) is 72.6 Å². The van der Waals surface area contributed by atoms with Crippen LogP contribution in [0.15, 0.2) is 29.1 Å². The Labute approximate surface area is 147 Å². The Hall–Kier alpha value is -2.41. The van der Waals surface area contributed by atoms with E-state index in [-0.39, 0.29) is 11.5 Å². The smallest absolute Gasteiger partial charge is 0.293 e. The molecule has 7 heteroatoms. The summed E-state index contributed by atoms with van der Waals surface area (Å²) < 4.78 is 1.67. The summed E-state index contributed by atoms with van der Waals surface area (Å²) in [5.74, 6) is 0.498. The van der Waals surface area contributed by atoms with Gasteiger partial charge in [0.15, 0.2) is 5.82 Å². The molecule has 1 aliphatic rings. The molecule has 0 unspecified atom stereocenters. The number of piperazine rings is 1. The third-order valence-corrected chi connectivity index (χ3v) is 4.66. The highest BCUT2D eigenvalue weighted by Gasteiger charge is 2.20. The summed E-state index contributed by atoms with van der Waals surface area (Å²) in [6.45, 7) is 3.67. The first-order chi connectivity index (χ1) is 12.0. The second-order valence-electron chi connectivity index (χ2n) is 6.71. The Morgan fingerprint density at radius 2 is 1.84 bits per heavy atom. The van der Waals surface area contributed by atoms with Crippen LogP contribution in [0, 0.1) is 0 Å². The third kappa shape index (κ3) is 3.66. The molecule has 1 amide bonds. The summed E-state index contributed by atoms with van der Waals surface area (Å²) in [4.78, 5) is 35.6. The van der Waals surface area contributed by atoms with Gasteiger partial charge in [0.2, 0.25) is 5.91 Å². The van der Waals surface area contributed by atoms with E-state index in [0.29, 0.717) is 18.8 Å². The molecule has 0 N–H and O–H groups in total. The molecule has 0 spiro atoms. The summed E-state index contributed by atoms with van der Waals surface area (Å²) in [5.41, 5.74) is 1.37. The van der Waals surface area contributed by atoms with Gasteiger partial charge in [-0.15, -0.1) is 0 Å². The molecule has 1 aliphatic heterocycles. The zero-order chi connectivity index (χ0) is 18.0. The van der Waals surface area contributed by atoms with Crippen LogP contribution >= 0.6 is 0 Å². The van der Waals surface area contributed by atoms with Crippen LogP contribution in [0.5, 0.6) is 0 Å². The van der Waals surface area contributed by atoms with Crippen molar-refractivity contribution >= 4 is 22.8 Å². The van der Waals surface area contributed by atoms with Crippen LogP contribution in [0.25, 0.3) is 11.0 Å². The molecule has 1 fully saturated rings. The molecule has 134 valence electrons. The monoisotopic (exact) mass is 343 g/mol. The molecule has 2 heterocycles. The second-order valence-corrected chi connectivity index (χ2v) is 6.71. The highest BCUT2D eigenvalue weighted by atomic mass is 16.2. The lowest BCUT2D eigenvalue weighted by Gasteiger charge is -2.32. The summed E-state index contributed by atoms with van der Waals surface area (Å²) in [6, 6.07) is 7.56. The highest BCUT2D eigenvalue weighted by Crippen LogP contribution is 2.14. The number of anilines is 1. The number of amides is 1. The first kappa shape index (κ1) is 17.4. The number of hydrogen-bond acceptors (Lipinski definition) is 5. The zero-order valence-corrected chi connectivity index (χ0v) is 15.1. The number of hydrogen-bond donors (Lipinski definition) is 0. The fourth-order valence-corrected chi connectivity index (χ4v) is 3.11. The van der Waals surface area contributed by atoms with E-state index >= 15 is 0 Å². The molecule has 0 saturated carbocycles. The van der Waals surface area contributed by atoms with Gasteiger partial charge in [-0.1, -0.05) is 12.1 Å². The normalized spacial score (nSPS) is 15.6. The molecule has 2 aromatic rings. The van der Waals surface area contributed by atoms with Gasteiger partial charge in [0.1, 0.15) is 0 Å². The molecule has 3 rings (SSSR count). The standard InChI is InChI=1S/C18H25N5O2/c1-20(2)17-18(25)23(15-7-5-4-6-14(15)19-17)9-8-16(24)22-12-10-21(3)11-13-22/h4-7H,8-13H2,1-3H3. The lowest BCUT2D eigenvalue weighted by molar-refractivity contribution is -0.133. The van der Waals surface area contributed by atoms with E-state index in [1.807, 2.05) is 29.2 Å². The van der Waals surface area contributed by atoms with E-state index in [0.717, 1.165) is 37.2 Å². The number of aromatic nitrogens is 2. The third-order valence-electron chi connectivity index (χ3n) is 4.66. The van der Waals surface area contributed by atoms with Gasteiger partial charge in [0.05, 0.1) is 11.0 Å². The Bertz CT molecular complexity index is 822. The average molecular weight is 343 g/mol. The van der Waals surface area contributed by atoms with Crippen molar-refractivity contribution in [3.05, 3.63) is 34.6 Å². The van der Waals surface area contributed by atoms with Crippen molar-refractivity contribution in [2.24, 2.45) is 0 Å². The molecule has 0 atom stereocenters. The number of benzene rings is 1. The van der Waals surface area contributed by atoms with Crippen LogP contribution in [0.3, 0.4) is 0 Å². The quantitative estimate of drug-likeness (QED) is 0.815. The Kier molecular flexibility index (Phi) is 5.03. The van der Waals surface area contributed by atoms with Crippen molar-refractivity contribution in [1.82, 2.24) is 19.4 Å². The van der Waals surface area contributed by atoms with Gasteiger partial charge in [-0.05, 0) is 19.2 Å². The van der Waals surface area contributed by atoms with Crippen LogP contribution in [0.4, 0.5) is 5.82 Å². The molecule has 0 aliphatic carbocycles. The van der Waals surface area contributed by atoms with Crippen molar-refractivity contribution in [3.8, 4) is 0 Å². The van der Waals surface area contributed by atoms with Crippen LogP contribution in [0.2, 0.25) is 0 Å². The van der Waals surface area contributed by atoms with E-state index < -0.39 is 0 Å². The fourth-order valence-electron chi connectivity index (χ4n) is 3.11. The van der Waals surface area contributed by atoms with E-state index in [9.17, 15) is 9.59 Å². The van der Waals surface area contributed by atoms with Crippen LogP contribution < -0.4 is 10.5 Å². The molecule has 1 saturated heterocycles. The lowest BCUT2D eigenvalue weighted by Crippen LogP contribution is -2.47. The van der Waals surface area contributed by atoms with Crippen molar-refractivity contribution in [1.29, 1.82) is 0 Å². The Morgan fingerprint density at radius 3 is 2.52 bits per heavy atom. The fraction of sp³-hybridized carbons (Fsp3) is 0.500. The molecular weight excluding hydrogens is 318 g/mol. The summed E-state index contributed by atoms with van der Waals surface area (Å²) in [5, 5.41) is 0. The van der Waals surface area contributed by atoms with Crippen LogP contribution in [0.1, 0.15) is 6.42 Å². The number of rotatable bonds is 4. The summed E-state index contributed by atoms with van der Waals surface area (Å²) in [7, 11) is 5.67. The number of fused-ring (bicyclic) bond motifs is 1. The predicted octanol–water partition coefficient (Wildman–Crippen LogP) is 0.627. The van der Waals surface area contributed by atoms with E-state index in [4.69, 9.17) is 0 Å². The molecule has 7 nitrogen and oxygen atoms in total.